The van der Waals surface area contributed by atoms with Crippen molar-refractivity contribution in [2.75, 3.05) is 31.8 Å². The monoisotopic (exact) mass is 389 g/mol. The van der Waals surface area contributed by atoms with Crippen molar-refractivity contribution >= 4 is 52.3 Å². The number of carbonyl (C=O) groups is 1. The van der Waals surface area contributed by atoms with Crippen molar-refractivity contribution < 1.29 is 14.3 Å². The predicted molar refractivity (Wildman–Crippen MR) is 96.5 cm³/mol. The summed E-state index contributed by atoms with van der Waals surface area (Å²) in [6, 6.07) is 4.90. The van der Waals surface area contributed by atoms with E-state index in [4.69, 9.17) is 45.3 Å². The lowest BCUT2D eigenvalue weighted by Crippen LogP contribution is -2.11. The number of anilines is 2. The first kappa shape index (κ1) is 18.4. The van der Waals surface area contributed by atoms with Crippen LogP contribution in [-0.4, -0.2) is 32.3 Å². The van der Waals surface area contributed by atoms with E-state index in [2.05, 4.69) is 9.72 Å². The molecule has 6 nitrogen and oxygen atoms in total. The van der Waals surface area contributed by atoms with E-state index < -0.39 is 6.16 Å². The molecule has 0 bridgehead atoms. The van der Waals surface area contributed by atoms with Crippen molar-refractivity contribution in [2.24, 2.45) is 0 Å². The van der Waals surface area contributed by atoms with Gasteiger partial charge in [0.25, 0.3) is 0 Å². The van der Waals surface area contributed by atoms with Crippen molar-refractivity contribution in [1.29, 1.82) is 0 Å². The van der Waals surface area contributed by atoms with Crippen molar-refractivity contribution in [1.82, 2.24) is 4.98 Å². The van der Waals surface area contributed by atoms with E-state index in [0.717, 1.165) is 0 Å². The number of rotatable bonds is 3. The molecule has 1 heterocycles. The third-order valence-corrected chi connectivity index (χ3v) is 4.16. The van der Waals surface area contributed by atoms with E-state index in [9.17, 15) is 4.79 Å². The van der Waals surface area contributed by atoms with Gasteiger partial charge in [0.05, 0.1) is 34.2 Å². The summed E-state index contributed by atoms with van der Waals surface area (Å²) < 4.78 is 9.35. The summed E-state index contributed by atoms with van der Waals surface area (Å²) in [5.41, 5.74) is 7.61. The Bertz CT molecular complexity index is 797. The summed E-state index contributed by atoms with van der Waals surface area (Å²) in [7, 11) is 4.79. The molecule has 0 radical (unpaired) electrons. The van der Waals surface area contributed by atoms with Crippen LogP contribution >= 0.6 is 34.8 Å². The van der Waals surface area contributed by atoms with Crippen LogP contribution in [-0.2, 0) is 4.74 Å². The maximum Gasteiger partial charge on any atom is 0.514 e. The number of pyridine rings is 1. The molecule has 24 heavy (non-hydrogen) atoms. The van der Waals surface area contributed by atoms with Gasteiger partial charge in [0.2, 0.25) is 5.88 Å². The van der Waals surface area contributed by atoms with Gasteiger partial charge in [-0.25, -0.2) is 9.78 Å². The number of nitrogen functional groups attached to an aromatic ring is 1. The molecule has 2 rings (SSSR count). The molecule has 1 aromatic heterocycles. The molecule has 0 fully saturated rings. The average molecular weight is 391 g/mol. The fraction of sp³-hybridized carbons (Fsp3) is 0.200. The van der Waals surface area contributed by atoms with E-state index in [-0.39, 0.29) is 16.6 Å². The van der Waals surface area contributed by atoms with Gasteiger partial charge in [0.1, 0.15) is 5.02 Å². The van der Waals surface area contributed by atoms with Crippen molar-refractivity contribution in [2.45, 2.75) is 0 Å². The lowest BCUT2D eigenvalue weighted by molar-refractivity contribution is 0.120. The second-order valence-electron chi connectivity index (χ2n) is 4.92. The first-order valence-corrected chi connectivity index (χ1v) is 7.77. The first-order valence-electron chi connectivity index (χ1n) is 6.63. The number of benzene rings is 1. The summed E-state index contributed by atoms with van der Waals surface area (Å²) in [6.07, 6.45) is -0.961. The standard InChI is InChI=1S/C15H14Cl3N3O3/c1-21(2)13-8(16)5-4-7(11(13)17)10-6-9(19)12(18)14(20-10)24-15(22)23-3/h4-6H,1-3H3,(H2,19,20). The topological polar surface area (TPSA) is 77.7 Å². The zero-order valence-corrected chi connectivity index (χ0v) is 15.3. The van der Waals surface area contributed by atoms with Crippen molar-refractivity contribution in [3.05, 3.63) is 33.3 Å². The molecule has 0 spiro atoms. The summed E-state index contributed by atoms with van der Waals surface area (Å²) >= 11 is 18.6. The van der Waals surface area contributed by atoms with Gasteiger partial charge in [0, 0.05) is 19.7 Å². The zero-order valence-electron chi connectivity index (χ0n) is 13.1. The smallest absolute Gasteiger partial charge is 0.437 e. The van der Waals surface area contributed by atoms with Crippen LogP contribution in [0.2, 0.25) is 15.1 Å². The molecule has 2 N–H and O–H groups in total. The summed E-state index contributed by atoms with van der Waals surface area (Å²) in [5, 5.41) is 0.870. The van der Waals surface area contributed by atoms with Gasteiger partial charge in [-0.05, 0) is 18.2 Å². The van der Waals surface area contributed by atoms with Crippen molar-refractivity contribution in [3.63, 3.8) is 0 Å². The maximum absolute atomic E-state index is 11.3. The highest BCUT2D eigenvalue weighted by Crippen LogP contribution is 2.41. The number of methoxy groups -OCH3 is 1. The Morgan fingerprint density at radius 2 is 1.88 bits per heavy atom. The maximum atomic E-state index is 11.3. The Labute approximate surface area is 154 Å². The van der Waals surface area contributed by atoms with Gasteiger partial charge in [-0.1, -0.05) is 34.8 Å². The fourth-order valence-electron chi connectivity index (χ4n) is 2.00. The van der Waals surface area contributed by atoms with Crippen LogP contribution in [0.15, 0.2) is 18.2 Å². The summed E-state index contributed by atoms with van der Waals surface area (Å²) in [5.74, 6) is -0.170. The Morgan fingerprint density at radius 3 is 2.46 bits per heavy atom. The molecule has 0 saturated heterocycles. The molecule has 0 aliphatic carbocycles. The van der Waals surface area contributed by atoms with Crippen LogP contribution < -0.4 is 15.4 Å². The SMILES string of the molecule is COC(=O)Oc1nc(-c2ccc(Cl)c(N(C)C)c2Cl)cc(N)c1Cl. The molecule has 9 heteroatoms. The number of hydrogen-bond donors (Lipinski definition) is 1. The second-order valence-corrected chi connectivity index (χ2v) is 6.09. The normalized spacial score (nSPS) is 10.4. The van der Waals surface area contributed by atoms with Crippen LogP contribution in [0.5, 0.6) is 5.88 Å². The van der Waals surface area contributed by atoms with Crippen LogP contribution in [0.3, 0.4) is 0 Å². The molecule has 0 amide bonds. The van der Waals surface area contributed by atoms with Gasteiger partial charge in [-0.15, -0.1) is 0 Å². The van der Waals surface area contributed by atoms with Gasteiger partial charge in [-0.2, -0.15) is 0 Å². The number of carbonyl (C=O) groups excluding carboxylic acids is 1. The average Bonchev–Trinajstić information content (AvgIpc) is 2.51. The van der Waals surface area contributed by atoms with Gasteiger partial charge >= 0.3 is 6.16 Å². The second kappa shape index (κ2) is 7.34. The zero-order chi connectivity index (χ0) is 18.0. The van der Waals surface area contributed by atoms with Gasteiger partial charge < -0.3 is 20.1 Å². The number of aromatic nitrogens is 1. The first-order chi connectivity index (χ1) is 11.3. The Kier molecular flexibility index (Phi) is 5.64. The van der Waals surface area contributed by atoms with E-state index >= 15 is 0 Å². The molecule has 128 valence electrons. The Hall–Kier alpha value is -1.89. The van der Waals surface area contributed by atoms with Crippen LogP contribution in [0.25, 0.3) is 11.3 Å². The molecular weight excluding hydrogens is 377 g/mol. The van der Waals surface area contributed by atoms with E-state index in [1.807, 2.05) is 14.1 Å². The number of nitrogens with two attached hydrogens (primary N) is 1. The lowest BCUT2D eigenvalue weighted by atomic mass is 10.1. The van der Waals surface area contributed by atoms with Gasteiger partial charge in [-0.3, -0.25) is 0 Å². The number of hydrogen-bond acceptors (Lipinski definition) is 6. The Morgan fingerprint density at radius 1 is 1.21 bits per heavy atom. The molecule has 0 aliphatic rings. The number of halogens is 3. The van der Waals surface area contributed by atoms with E-state index in [1.165, 1.54) is 13.2 Å². The van der Waals surface area contributed by atoms with Crippen LogP contribution in [0.1, 0.15) is 0 Å². The molecule has 0 saturated carbocycles. The highest BCUT2D eigenvalue weighted by Gasteiger charge is 2.19. The molecule has 0 aliphatic heterocycles. The third kappa shape index (κ3) is 3.61. The number of nitrogens with zero attached hydrogens (tertiary/aromatic N) is 2. The number of ether oxygens (including phenoxy) is 2. The minimum absolute atomic E-state index is 0.00192. The summed E-state index contributed by atoms with van der Waals surface area (Å²) in [4.78, 5) is 17.3. The molecule has 0 unspecified atom stereocenters. The van der Waals surface area contributed by atoms with Crippen LogP contribution in [0, 0.1) is 0 Å². The minimum atomic E-state index is -0.961. The fourth-order valence-corrected chi connectivity index (χ4v) is 2.94. The minimum Gasteiger partial charge on any atom is -0.437 e. The highest BCUT2D eigenvalue weighted by molar-refractivity contribution is 6.41. The van der Waals surface area contributed by atoms with Gasteiger partial charge in [0.15, 0.2) is 0 Å². The lowest BCUT2D eigenvalue weighted by Gasteiger charge is -2.19. The molecule has 0 atom stereocenters. The third-order valence-electron chi connectivity index (χ3n) is 3.09. The molecule has 2 aromatic rings. The highest BCUT2D eigenvalue weighted by atomic mass is 35.5. The quantitative estimate of drug-likeness (QED) is 0.777. The van der Waals surface area contributed by atoms with Crippen molar-refractivity contribution in [3.8, 4) is 17.1 Å². The van der Waals surface area contributed by atoms with E-state index in [1.54, 1.807) is 17.0 Å². The largest absolute Gasteiger partial charge is 0.514 e. The Balaban J connectivity index is 2.61. The summed E-state index contributed by atoms with van der Waals surface area (Å²) in [6.45, 7) is 0. The van der Waals surface area contributed by atoms with E-state index in [0.29, 0.717) is 27.0 Å². The predicted octanol–water partition coefficient (Wildman–Crippen LogP) is 4.50. The molecule has 1 aromatic carbocycles. The van der Waals surface area contributed by atoms with Crippen LogP contribution in [0.4, 0.5) is 16.2 Å². The molecular formula is C15H14Cl3N3O3.